The molecule has 2 saturated carbocycles. The molecule has 4 aliphatic rings. The van der Waals surface area contributed by atoms with Gasteiger partial charge in [0.2, 0.25) is 0 Å². The van der Waals surface area contributed by atoms with Crippen LogP contribution in [0.25, 0.3) is 0 Å². The van der Waals surface area contributed by atoms with Crippen LogP contribution in [0.1, 0.15) is 62.1 Å². The molecule has 1 aliphatic heterocycles. The number of ether oxygens (including phenoxy) is 1. The van der Waals surface area contributed by atoms with Crippen LogP contribution in [-0.2, 0) is 21.5 Å². The summed E-state index contributed by atoms with van der Waals surface area (Å²) in [5.41, 5.74) is 8.39. The van der Waals surface area contributed by atoms with Gasteiger partial charge in [0.25, 0.3) is 5.91 Å². The number of aliphatic imine (C=N–C) groups is 1. The second-order valence-electron chi connectivity index (χ2n) is 9.04. The van der Waals surface area contributed by atoms with E-state index in [1.165, 1.54) is 18.4 Å². The molecule has 3 aliphatic carbocycles. The Hall–Kier alpha value is -2.32. The number of likely N-dealkylation sites (N-methyl/N-ethyl adjacent to an activating group) is 1. The zero-order chi connectivity index (χ0) is 20.2. The fraction of sp³-hybridized carbons (Fsp3) is 0.583. The SMILES string of the molecule is CCN1C(=O)C2(N=C1N)c1cc(C#CC3CC3)ccc1CC21CCC(OC)CC1. The smallest absolute Gasteiger partial charge is 0.262 e. The summed E-state index contributed by atoms with van der Waals surface area (Å²) < 4.78 is 5.62. The highest BCUT2D eigenvalue weighted by atomic mass is 16.5. The summed E-state index contributed by atoms with van der Waals surface area (Å²) in [6.45, 7) is 2.50. The van der Waals surface area contributed by atoms with E-state index in [9.17, 15) is 4.79 Å². The van der Waals surface area contributed by atoms with Crippen molar-refractivity contribution in [2.75, 3.05) is 13.7 Å². The number of rotatable bonds is 2. The molecular formula is C24H29N3O2. The number of hydrogen-bond acceptors (Lipinski definition) is 4. The maximum absolute atomic E-state index is 13.8. The molecule has 1 atom stereocenters. The van der Waals surface area contributed by atoms with Gasteiger partial charge in [-0.05, 0) is 75.1 Å². The molecule has 2 N–H and O–H groups in total. The summed E-state index contributed by atoms with van der Waals surface area (Å²) in [5.74, 6) is 7.61. The van der Waals surface area contributed by atoms with Crippen molar-refractivity contribution in [3.8, 4) is 11.8 Å². The van der Waals surface area contributed by atoms with Crippen LogP contribution in [0.4, 0.5) is 0 Å². The molecule has 1 aromatic carbocycles. The minimum absolute atomic E-state index is 0.0411. The van der Waals surface area contributed by atoms with Gasteiger partial charge in [-0.3, -0.25) is 9.69 Å². The number of hydrogen-bond donors (Lipinski definition) is 1. The average molecular weight is 392 g/mol. The lowest BCUT2D eigenvalue weighted by molar-refractivity contribution is -0.138. The largest absolute Gasteiger partial charge is 0.381 e. The van der Waals surface area contributed by atoms with Gasteiger partial charge in [-0.2, -0.15) is 0 Å². The molecule has 5 nitrogen and oxygen atoms in total. The van der Waals surface area contributed by atoms with Crippen LogP contribution >= 0.6 is 0 Å². The Morgan fingerprint density at radius 3 is 2.66 bits per heavy atom. The number of carbonyl (C=O) groups is 1. The van der Waals surface area contributed by atoms with Crippen LogP contribution in [0, 0.1) is 23.2 Å². The van der Waals surface area contributed by atoms with E-state index in [4.69, 9.17) is 15.5 Å². The number of nitrogens with zero attached hydrogens (tertiary/aromatic N) is 2. The summed E-state index contributed by atoms with van der Waals surface area (Å²) in [4.78, 5) is 20.4. The van der Waals surface area contributed by atoms with Crippen molar-refractivity contribution in [1.82, 2.24) is 4.90 Å². The van der Waals surface area contributed by atoms with Crippen molar-refractivity contribution < 1.29 is 9.53 Å². The third kappa shape index (κ3) is 2.65. The van der Waals surface area contributed by atoms with E-state index in [1.807, 2.05) is 6.92 Å². The van der Waals surface area contributed by atoms with E-state index >= 15 is 0 Å². The lowest BCUT2D eigenvalue weighted by atomic mass is 9.61. The molecule has 1 aromatic rings. The lowest BCUT2D eigenvalue weighted by Gasteiger charge is -2.45. The van der Waals surface area contributed by atoms with Gasteiger partial charge in [-0.15, -0.1) is 0 Å². The number of amides is 1. The van der Waals surface area contributed by atoms with E-state index in [1.54, 1.807) is 12.0 Å². The number of fused-ring (bicyclic) bond motifs is 3. The Kier molecular flexibility index (Phi) is 4.25. The van der Waals surface area contributed by atoms with Gasteiger partial charge >= 0.3 is 0 Å². The van der Waals surface area contributed by atoms with Crippen molar-refractivity contribution in [1.29, 1.82) is 0 Å². The minimum atomic E-state index is -0.904. The van der Waals surface area contributed by atoms with E-state index in [-0.39, 0.29) is 17.4 Å². The maximum atomic E-state index is 13.8. The van der Waals surface area contributed by atoms with Crippen LogP contribution in [-0.4, -0.2) is 36.5 Å². The zero-order valence-electron chi connectivity index (χ0n) is 17.3. The van der Waals surface area contributed by atoms with Crippen molar-refractivity contribution in [2.24, 2.45) is 22.1 Å². The summed E-state index contributed by atoms with van der Waals surface area (Å²) in [5, 5.41) is 0. The molecule has 1 amide bonds. The van der Waals surface area contributed by atoms with Crippen LogP contribution in [0.3, 0.4) is 0 Å². The van der Waals surface area contributed by atoms with E-state index in [0.29, 0.717) is 18.4 Å². The minimum Gasteiger partial charge on any atom is -0.381 e. The molecule has 2 fully saturated rings. The molecule has 5 heteroatoms. The Morgan fingerprint density at radius 1 is 1.28 bits per heavy atom. The zero-order valence-corrected chi connectivity index (χ0v) is 17.3. The van der Waals surface area contributed by atoms with Gasteiger partial charge in [0.05, 0.1) is 6.10 Å². The number of carbonyl (C=O) groups excluding carboxylic acids is 1. The number of guanidine groups is 1. The van der Waals surface area contributed by atoms with E-state index in [2.05, 4.69) is 30.0 Å². The van der Waals surface area contributed by atoms with Crippen LogP contribution in [0.2, 0.25) is 0 Å². The van der Waals surface area contributed by atoms with Crippen LogP contribution in [0.15, 0.2) is 23.2 Å². The monoisotopic (exact) mass is 391 g/mol. The van der Waals surface area contributed by atoms with Gasteiger partial charge in [-0.25, -0.2) is 4.99 Å². The quantitative estimate of drug-likeness (QED) is 0.788. The standard InChI is InChI=1S/C24H29N3O2/c1-3-27-21(28)24(26-22(27)25)20-14-17(7-6-16-4-5-16)8-9-18(20)15-23(24)12-10-19(29-2)11-13-23/h8-9,14,16,19H,3-5,10-13,15H2,1-2H3,(H2,25,26). The molecule has 152 valence electrons. The first-order valence-electron chi connectivity index (χ1n) is 10.9. The second kappa shape index (κ2) is 6.60. The Morgan fingerprint density at radius 2 is 2.03 bits per heavy atom. The van der Waals surface area contributed by atoms with Gasteiger partial charge in [0.1, 0.15) is 0 Å². The van der Waals surface area contributed by atoms with Crippen molar-refractivity contribution in [3.05, 3.63) is 34.9 Å². The van der Waals surface area contributed by atoms with Crippen molar-refractivity contribution >= 4 is 11.9 Å². The summed E-state index contributed by atoms with van der Waals surface area (Å²) in [7, 11) is 1.78. The second-order valence-corrected chi connectivity index (χ2v) is 9.04. The van der Waals surface area contributed by atoms with Gasteiger partial charge in [0.15, 0.2) is 11.5 Å². The number of methoxy groups -OCH3 is 1. The Labute approximate surface area is 172 Å². The molecule has 0 radical (unpaired) electrons. The number of benzene rings is 1. The van der Waals surface area contributed by atoms with Crippen LogP contribution in [0.5, 0.6) is 0 Å². The van der Waals surface area contributed by atoms with E-state index in [0.717, 1.165) is 43.2 Å². The predicted molar refractivity (Wildman–Crippen MR) is 112 cm³/mol. The van der Waals surface area contributed by atoms with Gasteiger partial charge in [0, 0.05) is 30.6 Å². The van der Waals surface area contributed by atoms with Crippen LogP contribution < -0.4 is 5.73 Å². The fourth-order valence-electron chi connectivity index (χ4n) is 5.66. The van der Waals surface area contributed by atoms with E-state index < -0.39 is 5.54 Å². The molecule has 29 heavy (non-hydrogen) atoms. The summed E-state index contributed by atoms with van der Waals surface area (Å²) in [6, 6.07) is 6.39. The average Bonchev–Trinajstić information content (AvgIpc) is 3.48. The first-order valence-corrected chi connectivity index (χ1v) is 10.9. The highest BCUT2D eigenvalue weighted by molar-refractivity contribution is 6.08. The third-order valence-electron chi connectivity index (χ3n) is 7.45. The highest BCUT2D eigenvalue weighted by Gasteiger charge is 2.66. The van der Waals surface area contributed by atoms with Crippen molar-refractivity contribution in [3.63, 3.8) is 0 Å². The topological polar surface area (TPSA) is 67.9 Å². The molecular weight excluding hydrogens is 362 g/mol. The molecule has 2 spiro atoms. The number of nitrogens with two attached hydrogens (primary N) is 1. The molecule has 0 saturated heterocycles. The molecule has 1 unspecified atom stereocenters. The third-order valence-corrected chi connectivity index (χ3v) is 7.45. The van der Waals surface area contributed by atoms with Gasteiger partial charge in [-0.1, -0.05) is 17.9 Å². The normalized spacial score (nSPS) is 33.0. The van der Waals surface area contributed by atoms with Gasteiger partial charge < -0.3 is 10.5 Å². The lowest BCUT2D eigenvalue weighted by Crippen LogP contribution is -2.52. The Balaban J connectivity index is 1.63. The van der Waals surface area contributed by atoms with Crippen molar-refractivity contribution in [2.45, 2.75) is 63.5 Å². The molecule has 0 aromatic heterocycles. The highest BCUT2D eigenvalue weighted by Crippen LogP contribution is 2.61. The first kappa shape index (κ1) is 18.7. The molecule has 5 rings (SSSR count). The Bertz CT molecular complexity index is 945. The molecule has 1 heterocycles. The predicted octanol–water partition coefficient (Wildman–Crippen LogP) is 2.95. The first-order chi connectivity index (χ1) is 14.0. The fourth-order valence-corrected chi connectivity index (χ4v) is 5.66. The summed E-state index contributed by atoms with van der Waals surface area (Å²) >= 11 is 0. The molecule has 0 bridgehead atoms. The maximum Gasteiger partial charge on any atom is 0.262 e. The summed E-state index contributed by atoms with van der Waals surface area (Å²) in [6.07, 6.45) is 7.29.